The van der Waals surface area contributed by atoms with Gasteiger partial charge in [-0.2, -0.15) is 18.3 Å². The van der Waals surface area contributed by atoms with Gasteiger partial charge in [-0.25, -0.2) is 0 Å². The summed E-state index contributed by atoms with van der Waals surface area (Å²) >= 11 is 0. The van der Waals surface area contributed by atoms with Gasteiger partial charge in [0.25, 0.3) is 5.91 Å². The first-order valence-electron chi connectivity index (χ1n) is 10.3. The highest BCUT2D eigenvalue weighted by molar-refractivity contribution is 5.92. The maximum atomic E-state index is 12.8. The predicted molar refractivity (Wildman–Crippen MR) is 107 cm³/mol. The molecule has 31 heavy (non-hydrogen) atoms. The highest BCUT2D eigenvalue weighted by Crippen LogP contribution is 2.59. The fourth-order valence-corrected chi connectivity index (χ4v) is 4.42. The molecule has 1 spiro atoms. The van der Waals surface area contributed by atoms with Crippen molar-refractivity contribution >= 4 is 11.8 Å². The minimum absolute atomic E-state index is 0.0684. The van der Waals surface area contributed by atoms with Crippen LogP contribution >= 0.6 is 0 Å². The van der Waals surface area contributed by atoms with Crippen LogP contribution in [0.2, 0.25) is 0 Å². The molecule has 9 heteroatoms. The van der Waals surface area contributed by atoms with Crippen LogP contribution in [0, 0.1) is 18.3 Å². The Morgan fingerprint density at radius 1 is 1.23 bits per heavy atom. The van der Waals surface area contributed by atoms with Gasteiger partial charge < -0.3 is 10.2 Å². The molecule has 0 bridgehead atoms. The van der Waals surface area contributed by atoms with Gasteiger partial charge in [-0.15, -0.1) is 0 Å². The Bertz CT molecular complexity index is 987. The van der Waals surface area contributed by atoms with Gasteiger partial charge in [-0.1, -0.05) is 12.1 Å². The average molecular weight is 434 g/mol. The van der Waals surface area contributed by atoms with E-state index in [1.54, 1.807) is 28.8 Å². The zero-order valence-corrected chi connectivity index (χ0v) is 17.5. The molecule has 2 aliphatic rings. The van der Waals surface area contributed by atoms with E-state index >= 15 is 0 Å². The highest BCUT2D eigenvalue weighted by atomic mass is 19.4. The number of nitrogens with one attached hydrogen (secondary N) is 1. The number of aryl methyl sites for hydroxylation is 2. The second kappa shape index (κ2) is 7.69. The third-order valence-electron chi connectivity index (χ3n) is 6.61. The first-order chi connectivity index (χ1) is 14.6. The Morgan fingerprint density at radius 2 is 1.94 bits per heavy atom. The number of benzene rings is 1. The van der Waals surface area contributed by atoms with E-state index in [4.69, 9.17) is 0 Å². The van der Waals surface area contributed by atoms with E-state index in [9.17, 15) is 22.8 Å². The van der Waals surface area contributed by atoms with E-state index in [2.05, 4.69) is 10.4 Å². The number of hydrogen-bond acceptors (Lipinski definition) is 3. The summed E-state index contributed by atoms with van der Waals surface area (Å²) in [6.45, 7) is 3.11. The van der Waals surface area contributed by atoms with Crippen molar-refractivity contribution in [1.82, 2.24) is 20.0 Å². The number of nitrogens with zero attached hydrogens (tertiary/aromatic N) is 3. The normalized spacial score (nSPS) is 20.0. The van der Waals surface area contributed by atoms with E-state index in [1.165, 1.54) is 6.07 Å². The SMILES string of the molecule is Cc1cc(C(=O)N2CCC3(CC2)C[C@H]3C(=O)NCc2cccc(C(F)(F)F)c2)nn1C. The molecule has 0 radical (unpaired) electrons. The van der Waals surface area contributed by atoms with Crippen molar-refractivity contribution in [3.05, 3.63) is 52.8 Å². The number of aromatic nitrogens is 2. The molecule has 166 valence electrons. The van der Waals surface area contributed by atoms with Gasteiger partial charge in [-0.05, 0) is 55.4 Å². The third kappa shape index (κ3) is 4.31. The van der Waals surface area contributed by atoms with Crippen LogP contribution in [0.1, 0.15) is 46.6 Å². The second-order valence-corrected chi connectivity index (χ2v) is 8.62. The molecular formula is C22H25F3N4O2. The molecule has 2 fully saturated rings. The number of rotatable bonds is 4. The summed E-state index contributed by atoms with van der Waals surface area (Å²) in [4.78, 5) is 27.0. The van der Waals surface area contributed by atoms with E-state index in [-0.39, 0.29) is 29.7 Å². The number of halogens is 3. The van der Waals surface area contributed by atoms with Crippen LogP contribution in [0.15, 0.2) is 30.3 Å². The minimum atomic E-state index is -4.40. The number of alkyl halides is 3. The number of carbonyl (C=O) groups excluding carboxylic acids is 2. The van der Waals surface area contributed by atoms with Crippen molar-refractivity contribution in [3.63, 3.8) is 0 Å². The number of hydrogen-bond donors (Lipinski definition) is 1. The molecule has 1 atom stereocenters. The summed E-state index contributed by atoms with van der Waals surface area (Å²) in [6.07, 6.45) is -2.16. The van der Waals surface area contributed by atoms with Crippen molar-refractivity contribution in [3.8, 4) is 0 Å². The standard InChI is InChI=1S/C22H25F3N4O2/c1-14-10-18(27-28(14)2)20(31)29-8-6-21(7-9-29)12-17(21)19(30)26-13-15-4-3-5-16(11-15)22(23,24)25/h3-5,10-11,17H,6-9,12-13H2,1-2H3,(H,26,30)/t17-/m0/s1. The van der Waals surface area contributed by atoms with Crippen LogP contribution in [0.3, 0.4) is 0 Å². The summed E-state index contributed by atoms with van der Waals surface area (Å²) < 4.78 is 40.2. The molecule has 1 aliphatic carbocycles. The second-order valence-electron chi connectivity index (χ2n) is 8.62. The maximum Gasteiger partial charge on any atom is 0.416 e. The predicted octanol–water partition coefficient (Wildman–Crippen LogP) is 3.31. The lowest BCUT2D eigenvalue weighted by Gasteiger charge is -2.32. The molecule has 6 nitrogen and oxygen atoms in total. The molecule has 1 saturated carbocycles. The van der Waals surface area contributed by atoms with Crippen molar-refractivity contribution in [2.75, 3.05) is 13.1 Å². The van der Waals surface area contributed by atoms with Gasteiger partial charge in [0.2, 0.25) is 5.91 Å². The average Bonchev–Trinajstić information content (AvgIpc) is 3.33. The molecule has 1 N–H and O–H groups in total. The Balaban J connectivity index is 1.29. The molecule has 2 amide bonds. The Labute approximate surface area is 178 Å². The molecule has 2 heterocycles. The van der Waals surface area contributed by atoms with E-state index in [0.717, 1.165) is 37.1 Å². The quantitative estimate of drug-likeness (QED) is 0.803. The number of carbonyl (C=O) groups is 2. The van der Waals surface area contributed by atoms with E-state index in [1.807, 2.05) is 6.92 Å². The monoisotopic (exact) mass is 434 g/mol. The number of likely N-dealkylation sites (tertiary alicyclic amines) is 1. The molecule has 1 saturated heterocycles. The van der Waals surface area contributed by atoms with Gasteiger partial charge in [-0.3, -0.25) is 14.3 Å². The van der Waals surface area contributed by atoms with Gasteiger partial charge in [0.05, 0.1) is 5.56 Å². The maximum absolute atomic E-state index is 12.8. The molecule has 2 aromatic rings. The summed E-state index contributed by atoms with van der Waals surface area (Å²) in [5.41, 5.74) is 0.944. The lowest BCUT2D eigenvalue weighted by Crippen LogP contribution is -2.40. The van der Waals surface area contributed by atoms with Crippen LogP contribution in [0.4, 0.5) is 13.2 Å². The largest absolute Gasteiger partial charge is 0.416 e. The number of amides is 2. The van der Waals surface area contributed by atoms with Crippen molar-refractivity contribution in [2.45, 2.75) is 38.9 Å². The fourth-order valence-electron chi connectivity index (χ4n) is 4.42. The molecule has 4 rings (SSSR count). The summed E-state index contributed by atoms with van der Waals surface area (Å²) in [6, 6.07) is 6.77. The minimum Gasteiger partial charge on any atom is -0.352 e. The summed E-state index contributed by atoms with van der Waals surface area (Å²) in [7, 11) is 1.80. The van der Waals surface area contributed by atoms with E-state index < -0.39 is 11.7 Å². The lowest BCUT2D eigenvalue weighted by atomic mass is 9.90. The van der Waals surface area contributed by atoms with Gasteiger partial charge >= 0.3 is 6.18 Å². The summed E-state index contributed by atoms with van der Waals surface area (Å²) in [5, 5.41) is 7.03. The van der Waals surface area contributed by atoms with Gasteiger partial charge in [0.1, 0.15) is 0 Å². The van der Waals surface area contributed by atoms with Crippen molar-refractivity contribution in [1.29, 1.82) is 0 Å². The first kappa shape index (κ1) is 21.4. The molecule has 0 unspecified atom stereocenters. The highest BCUT2D eigenvalue weighted by Gasteiger charge is 2.58. The fraction of sp³-hybridized carbons (Fsp3) is 0.500. The lowest BCUT2D eigenvalue weighted by molar-refractivity contribution is -0.137. The van der Waals surface area contributed by atoms with Gasteiger partial charge in [0.15, 0.2) is 5.69 Å². The topological polar surface area (TPSA) is 67.2 Å². The molecule has 1 aromatic heterocycles. The molecular weight excluding hydrogens is 409 g/mol. The zero-order valence-electron chi connectivity index (χ0n) is 17.5. The Hall–Kier alpha value is -2.84. The van der Waals surface area contributed by atoms with Crippen LogP contribution in [-0.2, 0) is 24.6 Å². The smallest absolute Gasteiger partial charge is 0.352 e. The van der Waals surface area contributed by atoms with Crippen LogP contribution in [-0.4, -0.2) is 39.6 Å². The Kier molecular flexibility index (Phi) is 5.31. The first-order valence-corrected chi connectivity index (χ1v) is 10.3. The van der Waals surface area contributed by atoms with Crippen LogP contribution in [0.25, 0.3) is 0 Å². The summed E-state index contributed by atoms with van der Waals surface area (Å²) in [5.74, 6) is -0.366. The van der Waals surface area contributed by atoms with Crippen LogP contribution < -0.4 is 5.32 Å². The Morgan fingerprint density at radius 3 is 2.55 bits per heavy atom. The molecule has 1 aromatic carbocycles. The van der Waals surface area contributed by atoms with Crippen LogP contribution in [0.5, 0.6) is 0 Å². The van der Waals surface area contributed by atoms with Gasteiger partial charge in [0, 0.05) is 38.3 Å². The molecule has 1 aliphatic heterocycles. The van der Waals surface area contributed by atoms with Crippen molar-refractivity contribution < 1.29 is 22.8 Å². The van der Waals surface area contributed by atoms with E-state index in [0.29, 0.717) is 24.3 Å². The number of piperidine rings is 1. The van der Waals surface area contributed by atoms with Crippen molar-refractivity contribution in [2.24, 2.45) is 18.4 Å². The third-order valence-corrected chi connectivity index (χ3v) is 6.61. The zero-order chi connectivity index (χ0) is 22.4.